The van der Waals surface area contributed by atoms with Gasteiger partial charge in [-0.2, -0.15) is 11.8 Å². The highest BCUT2D eigenvalue weighted by Gasteiger charge is 2.15. The summed E-state index contributed by atoms with van der Waals surface area (Å²) in [6.07, 6.45) is 4.38. The molecule has 0 atom stereocenters. The Morgan fingerprint density at radius 1 is 1.15 bits per heavy atom. The van der Waals surface area contributed by atoms with Gasteiger partial charge in [0.1, 0.15) is 0 Å². The van der Waals surface area contributed by atoms with Gasteiger partial charge in [-0.1, -0.05) is 24.3 Å². The molecule has 156 valence electrons. The summed E-state index contributed by atoms with van der Waals surface area (Å²) < 4.78 is 27.1. The second kappa shape index (κ2) is 14.5. The number of nitrogens with one attached hydrogen (secondary N) is 3. The van der Waals surface area contributed by atoms with E-state index in [9.17, 15) is 8.42 Å². The van der Waals surface area contributed by atoms with Gasteiger partial charge in [0, 0.05) is 26.2 Å². The monoisotopic (exact) mass is 528 g/mol. The van der Waals surface area contributed by atoms with E-state index in [1.165, 1.54) is 12.2 Å². The molecule has 0 bridgehead atoms. The quantitative estimate of drug-likeness (QED) is 0.178. The molecule has 0 radical (unpaired) electrons. The molecule has 0 saturated heterocycles. The van der Waals surface area contributed by atoms with E-state index in [-0.39, 0.29) is 35.8 Å². The first-order valence-electron chi connectivity index (χ1n) is 8.88. The van der Waals surface area contributed by atoms with Crippen LogP contribution in [0.5, 0.6) is 0 Å². The second-order valence-electron chi connectivity index (χ2n) is 6.35. The Hall–Kier alpha value is -0.520. The number of hydrogen-bond acceptors (Lipinski definition) is 4. The maximum Gasteiger partial charge on any atom is 0.216 e. The summed E-state index contributed by atoms with van der Waals surface area (Å²) in [5.41, 5.74) is 1.75. The molecule has 0 saturated carbocycles. The van der Waals surface area contributed by atoms with Crippen LogP contribution in [-0.4, -0.2) is 46.0 Å². The normalized spacial score (nSPS) is 12.0. The lowest BCUT2D eigenvalue weighted by Gasteiger charge is -2.15. The van der Waals surface area contributed by atoms with Crippen LogP contribution < -0.4 is 15.4 Å². The number of benzene rings is 1. The first kappa shape index (κ1) is 26.5. The summed E-state index contributed by atoms with van der Waals surface area (Å²) in [5, 5.41) is 6.55. The van der Waals surface area contributed by atoms with Crippen molar-refractivity contribution in [2.24, 2.45) is 4.99 Å². The number of sulfonamides is 1. The third-order valence-electron chi connectivity index (χ3n) is 3.62. The number of thioether (sulfide) groups is 1. The van der Waals surface area contributed by atoms with Crippen molar-refractivity contribution in [3.05, 3.63) is 35.4 Å². The summed E-state index contributed by atoms with van der Waals surface area (Å²) >= 11 is 1.86. The standard InChI is InChI=1S/C18H32N4O2S2.HI/c1-15(2)22-26(23,24)14-17-10-6-5-9-16(17)13-21-18(19-3)20-11-7-8-12-25-4;/h5-6,9-10,15,22H,7-8,11-14H2,1-4H3,(H2,19,20,21);1H. The molecule has 0 aromatic heterocycles. The predicted molar refractivity (Wildman–Crippen MR) is 129 cm³/mol. The molecule has 0 aliphatic rings. The van der Waals surface area contributed by atoms with Crippen molar-refractivity contribution in [3.63, 3.8) is 0 Å². The molecule has 3 N–H and O–H groups in total. The minimum absolute atomic E-state index is 0. The van der Waals surface area contributed by atoms with Gasteiger partial charge in [0.25, 0.3) is 0 Å². The molecule has 1 aromatic rings. The van der Waals surface area contributed by atoms with Gasteiger partial charge in [-0.15, -0.1) is 24.0 Å². The van der Waals surface area contributed by atoms with E-state index in [4.69, 9.17) is 0 Å². The average molecular weight is 529 g/mol. The largest absolute Gasteiger partial charge is 0.356 e. The van der Waals surface area contributed by atoms with Crippen molar-refractivity contribution in [3.8, 4) is 0 Å². The van der Waals surface area contributed by atoms with E-state index in [0.29, 0.717) is 6.54 Å². The van der Waals surface area contributed by atoms with Gasteiger partial charge in [0.15, 0.2) is 5.96 Å². The molecule has 0 amide bonds. The van der Waals surface area contributed by atoms with Crippen molar-refractivity contribution in [2.45, 2.75) is 45.0 Å². The van der Waals surface area contributed by atoms with E-state index >= 15 is 0 Å². The Kier molecular flexibility index (Phi) is 14.2. The van der Waals surface area contributed by atoms with E-state index in [2.05, 4.69) is 26.6 Å². The predicted octanol–water partition coefficient (Wildman–Crippen LogP) is 2.94. The van der Waals surface area contributed by atoms with Crippen molar-refractivity contribution in [2.75, 3.05) is 25.6 Å². The number of hydrogen-bond donors (Lipinski definition) is 3. The second-order valence-corrected chi connectivity index (χ2v) is 9.09. The molecule has 0 fully saturated rings. The number of nitrogens with zero attached hydrogens (tertiary/aromatic N) is 1. The first-order valence-corrected chi connectivity index (χ1v) is 11.9. The highest BCUT2D eigenvalue weighted by Crippen LogP contribution is 2.12. The van der Waals surface area contributed by atoms with Crippen LogP contribution in [0.15, 0.2) is 29.3 Å². The van der Waals surface area contributed by atoms with Gasteiger partial charge in [0.2, 0.25) is 10.0 Å². The maximum atomic E-state index is 12.2. The fourth-order valence-corrected chi connectivity index (χ4v) is 4.44. The first-order chi connectivity index (χ1) is 12.4. The lowest BCUT2D eigenvalue weighted by Crippen LogP contribution is -2.37. The van der Waals surface area contributed by atoms with Crippen LogP contribution in [0.25, 0.3) is 0 Å². The fourth-order valence-electron chi connectivity index (χ4n) is 2.45. The Balaban J connectivity index is 0.00000676. The summed E-state index contributed by atoms with van der Waals surface area (Å²) in [5.74, 6) is 1.87. The maximum absolute atomic E-state index is 12.2. The third kappa shape index (κ3) is 11.8. The van der Waals surface area contributed by atoms with Crippen molar-refractivity contribution in [1.82, 2.24) is 15.4 Å². The SMILES string of the molecule is CN=C(NCCCCSC)NCc1ccccc1CS(=O)(=O)NC(C)C.I. The lowest BCUT2D eigenvalue weighted by atomic mass is 10.1. The van der Waals surface area contributed by atoms with E-state index in [1.807, 2.05) is 49.9 Å². The van der Waals surface area contributed by atoms with E-state index in [1.54, 1.807) is 7.05 Å². The highest BCUT2D eigenvalue weighted by molar-refractivity contribution is 14.0. The number of halogens is 1. The number of rotatable bonds is 11. The Bertz CT molecular complexity index is 667. The molecular weight excluding hydrogens is 495 g/mol. The molecule has 1 rings (SSSR count). The average Bonchev–Trinajstić information content (AvgIpc) is 2.57. The number of unbranched alkanes of at least 4 members (excludes halogenated alkanes) is 1. The van der Waals surface area contributed by atoms with Crippen LogP contribution in [0.1, 0.15) is 37.8 Å². The van der Waals surface area contributed by atoms with Gasteiger partial charge in [-0.05, 0) is 49.8 Å². The Morgan fingerprint density at radius 2 is 1.81 bits per heavy atom. The Labute approximate surface area is 185 Å². The molecule has 27 heavy (non-hydrogen) atoms. The molecule has 1 aromatic carbocycles. The summed E-state index contributed by atoms with van der Waals surface area (Å²) in [6.45, 7) is 5.03. The zero-order valence-corrected chi connectivity index (χ0v) is 20.6. The van der Waals surface area contributed by atoms with Crippen molar-refractivity contribution in [1.29, 1.82) is 0 Å². The van der Waals surface area contributed by atoms with Gasteiger partial charge in [-0.25, -0.2) is 13.1 Å². The molecule has 0 unspecified atom stereocenters. The van der Waals surface area contributed by atoms with Gasteiger partial charge < -0.3 is 10.6 Å². The smallest absolute Gasteiger partial charge is 0.216 e. The zero-order valence-electron chi connectivity index (χ0n) is 16.6. The van der Waals surface area contributed by atoms with Crippen molar-refractivity contribution >= 4 is 51.7 Å². The van der Waals surface area contributed by atoms with E-state index in [0.717, 1.165) is 30.1 Å². The molecule has 6 nitrogen and oxygen atoms in total. The lowest BCUT2D eigenvalue weighted by molar-refractivity contribution is 0.568. The van der Waals surface area contributed by atoms with Crippen LogP contribution in [0.4, 0.5) is 0 Å². The molecular formula is C18H33IN4O2S2. The van der Waals surface area contributed by atoms with Crippen LogP contribution in [-0.2, 0) is 22.3 Å². The summed E-state index contributed by atoms with van der Waals surface area (Å²) in [6, 6.07) is 7.47. The molecule has 9 heteroatoms. The number of guanidine groups is 1. The van der Waals surface area contributed by atoms with Crippen LogP contribution in [0.3, 0.4) is 0 Å². The summed E-state index contributed by atoms with van der Waals surface area (Å²) in [7, 11) is -1.61. The topological polar surface area (TPSA) is 82.6 Å². The minimum atomic E-state index is -3.35. The fraction of sp³-hybridized carbons (Fsp3) is 0.611. The highest BCUT2D eigenvalue weighted by atomic mass is 127. The van der Waals surface area contributed by atoms with Gasteiger partial charge in [0.05, 0.1) is 5.75 Å². The van der Waals surface area contributed by atoms with Crippen LogP contribution in [0, 0.1) is 0 Å². The van der Waals surface area contributed by atoms with E-state index < -0.39 is 10.0 Å². The summed E-state index contributed by atoms with van der Waals surface area (Å²) in [4.78, 5) is 4.22. The molecule has 0 aliphatic heterocycles. The Morgan fingerprint density at radius 3 is 2.41 bits per heavy atom. The van der Waals surface area contributed by atoms with Gasteiger partial charge in [-0.3, -0.25) is 4.99 Å². The molecule has 0 aliphatic carbocycles. The zero-order chi connectivity index (χ0) is 19.4. The molecule has 0 spiro atoms. The van der Waals surface area contributed by atoms with Gasteiger partial charge >= 0.3 is 0 Å². The van der Waals surface area contributed by atoms with Crippen LogP contribution in [0.2, 0.25) is 0 Å². The minimum Gasteiger partial charge on any atom is -0.356 e. The molecule has 0 heterocycles. The van der Waals surface area contributed by atoms with Crippen molar-refractivity contribution < 1.29 is 8.42 Å². The number of aliphatic imine (C=N–C) groups is 1. The third-order valence-corrected chi connectivity index (χ3v) is 5.84. The van der Waals surface area contributed by atoms with Crippen LogP contribution >= 0.6 is 35.7 Å².